The summed E-state index contributed by atoms with van der Waals surface area (Å²) in [5.74, 6) is -0.353. The van der Waals surface area contributed by atoms with Crippen molar-refractivity contribution in [3.8, 4) is 17.2 Å². The summed E-state index contributed by atoms with van der Waals surface area (Å²) in [7, 11) is -3.60. The Bertz CT molecular complexity index is 1740. The molecule has 258 valence electrons. The molecule has 0 amide bonds. The maximum atomic E-state index is 13.2. The Hall–Kier alpha value is -3.33. The number of sulfonamides is 1. The summed E-state index contributed by atoms with van der Waals surface area (Å²) in [6, 6.07) is 8.53. The standard InChI is InChI=1S/C32H32Cl2F2N2O8S2/c1-48(41,42)38-25-8-6-21(11-28(25)43-15-18-2-3-18)31(40)47-17-30(39)45-27(12-22-23(33)13-37-14-24(22)34)20-7-9-26(46-32(35)36)29(10-20)44-16-19-4-5-19/h6-11,13-14,18-19,27,32,38H,2-5,12,15-17H2,1H3/t27-/m0/s1. The number of rotatable bonds is 17. The molecule has 0 spiro atoms. The van der Waals surface area contributed by atoms with Crippen molar-refractivity contribution in [1.29, 1.82) is 0 Å². The average molecular weight is 746 g/mol. The molecule has 1 N–H and O–H groups in total. The molecule has 0 radical (unpaired) electrons. The van der Waals surface area contributed by atoms with Crippen LogP contribution in [0.25, 0.3) is 0 Å². The van der Waals surface area contributed by atoms with Gasteiger partial charge < -0.3 is 18.9 Å². The van der Waals surface area contributed by atoms with Gasteiger partial charge in [0.2, 0.25) is 15.1 Å². The van der Waals surface area contributed by atoms with Gasteiger partial charge in [-0.1, -0.05) is 41.0 Å². The molecule has 2 fully saturated rings. The molecule has 1 aromatic heterocycles. The molecule has 2 aliphatic rings. The summed E-state index contributed by atoms with van der Waals surface area (Å²) in [6.07, 6.45) is 6.72. The lowest BCUT2D eigenvalue weighted by Crippen LogP contribution is -2.17. The van der Waals surface area contributed by atoms with Gasteiger partial charge in [-0.3, -0.25) is 19.3 Å². The lowest BCUT2D eigenvalue weighted by atomic mass is 10.0. The highest BCUT2D eigenvalue weighted by molar-refractivity contribution is 8.14. The number of hydrogen-bond acceptors (Lipinski definition) is 10. The fourth-order valence-electron chi connectivity index (χ4n) is 4.51. The van der Waals surface area contributed by atoms with Gasteiger partial charge in [-0.05, 0) is 79.0 Å². The van der Waals surface area contributed by atoms with Gasteiger partial charge in [-0.25, -0.2) is 8.42 Å². The Morgan fingerprint density at radius 2 is 1.60 bits per heavy atom. The molecule has 0 bridgehead atoms. The SMILES string of the molecule is CS(=O)(=O)Nc1ccc(C(=O)SCC(=O)O[C@@H](Cc2c(Cl)cncc2Cl)c2ccc(OC(F)F)c(OCC3CC3)c2)cc1OCC1CC1. The summed E-state index contributed by atoms with van der Waals surface area (Å²) in [4.78, 5) is 30.2. The van der Waals surface area contributed by atoms with E-state index < -0.39 is 33.8 Å². The third kappa shape index (κ3) is 10.8. The minimum Gasteiger partial charge on any atom is -0.491 e. The van der Waals surface area contributed by atoms with Crippen LogP contribution in [0.15, 0.2) is 48.8 Å². The monoisotopic (exact) mass is 744 g/mol. The molecule has 0 saturated heterocycles. The largest absolute Gasteiger partial charge is 0.491 e. The van der Waals surface area contributed by atoms with Gasteiger partial charge in [0.1, 0.15) is 11.9 Å². The van der Waals surface area contributed by atoms with Gasteiger partial charge >= 0.3 is 12.6 Å². The zero-order chi connectivity index (χ0) is 34.4. The highest BCUT2D eigenvalue weighted by atomic mass is 35.5. The molecule has 0 aliphatic heterocycles. The van der Waals surface area contributed by atoms with Crippen LogP contribution in [0, 0.1) is 11.8 Å². The van der Waals surface area contributed by atoms with Crippen LogP contribution in [0.1, 0.15) is 53.3 Å². The Labute approximate surface area is 290 Å². The topological polar surface area (TPSA) is 130 Å². The first-order chi connectivity index (χ1) is 22.8. The molecule has 3 aromatic rings. The van der Waals surface area contributed by atoms with E-state index in [1.54, 1.807) is 0 Å². The smallest absolute Gasteiger partial charge is 0.387 e. The maximum Gasteiger partial charge on any atom is 0.387 e. The average Bonchev–Trinajstić information content (AvgIpc) is 3.95. The van der Waals surface area contributed by atoms with Gasteiger partial charge in [-0.15, -0.1) is 0 Å². The summed E-state index contributed by atoms with van der Waals surface area (Å²) in [6.45, 7) is -2.39. The molecule has 48 heavy (non-hydrogen) atoms. The zero-order valence-corrected chi connectivity index (χ0v) is 28.8. The van der Waals surface area contributed by atoms with Crippen molar-refractivity contribution < 1.29 is 45.7 Å². The van der Waals surface area contributed by atoms with E-state index in [9.17, 15) is 26.8 Å². The van der Waals surface area contributed by atoms with Crippen molar-refractivity contribution in [2.45, 2.75) is 44.8 Å². The number of pyridine rings is 1. The summed E-state index contributed by atoms with van der Waals surface area (Å²) < 4.78 is 74.4. The fourth-order valence-corrected chi connectivity index (χ4v) is 6.21. The number of thioether (sulfide) groups is 1. The third-order valence-electron chi connectivity index (χ3n) is 7.35. The van der Waals surface area contributed by atoms with E-state index >= 15 is 0 Å². The number of anilines is 1. The number of ether oxygens (including phenoxy) is 4. The Morgan fingerprint density at radius 1 is 0.958 bits per heavy atom. The van der Waals surface area contributed by atoms with E-state index in [0.29, 0.717) is 47.9 Å². The highest BCUT2D eigenvalue weighted by Gasteiger charge is 2.27. The molecule has 2 aliphatic carbocycles. The second-order valence-electron chi connectivity index (χ2n) is 11.5. The van der Waals surface area contributed by atoms with Gasteiger partial charge in [0.15, 0.2) is 11.5 Å². The van der Waals surface area contributed by atoms with E-state index in [0.717, 1.165) is 31.9 Å². The van der Waals surface area contributed by atoms with Crippen molar-refractivity contribution >= 4 is 61.8 Å². The van der Waals surface area contributed by atoms with Crippen LogP contribution < -0.4 is 18.9 Å². The molecule has 10 nitrogen and oxygen atoms in total. The lowest BCUT2D eigenvalue weighted by Gasteiger charge is -2.21. The van der Waals surface area contributed by atoms with E-state index in [1.807, 2.05) is 0 Å². The zero-order valence-electron chi connectivity index (χ0n) is 25.6. The maximum absolute atomic E-state index is 13.2. The lowest BCUT2D eigenvalue weighted by molar-refractivity contribution is -0.146. The molecular formula is C32H32Cl2F2N2O8S2. The van der Waals surface area contributed by atoms with Crippen LogP contribution in [-0.4, -0.2) is 56.3 Å². The van der Waals surface area contributed by atoms with E-state index in [2.05, 4.69) is 14.4 Å². The third-order valence-corrected chi connectivity index (χ3v) is 9.47. The van der Waals surface area contributed by atoms with Gasteiger partial charge in [-0.2, -0.15) is 8.78 Å². The molecule has 1 heterocycles. The quantitative estimate of drug-likeness (QED) is 0.140. The van der Waals surface area contributed by atoms with Crippen molar-refractivity contribution in [2.24, 2.45) is 11.8 Å². The number of hydrogen-bond donors (Lipinski definition) is 1. The van der Waals surface area contributed by atoms with E-state index in [4.69, 9.17) is 37.4 Å². The number of esters is 1. The number of benzene rings is 2. The molecule has 2 saturated carbocycles. The molecule has 0 unspecified atom stereocenters. The summed E-state index contributed by atoms with van der Waals surface area (Å²) >= 11 is 13.4. The number of nitrogens with zero attached hydrogens (tertiary/aromatic N) is 1. The van der Waals surface area contributed by atoms with E-state index in [1.165, 1.54) is 48.8 Å². The highest BCUT2D eigenvalue weighted by Crippen LogP contribution is 2.38. The number of halogens is 4. The normalized spacial score (nSPS) is 15.1. The summed E-state index contributed by atoms with van der Waals surface area (Å²) in [5, 5.41) is -0.0240. The fraction of sp³-hybridized carbons (Fsp3) is 0.406. The van der Waals surface area contributed by atoms with Gasteiger partial charge in [0.05, 0.1) is 41.0 Å². The number of carbonyl (C=O) groups excluding carboxylic acids is 2. The second kappa shape index (κ2) is 15.9. The van der Waals surface area contributed by atoms with Crippen molar-refractivity contribution in [1.82, 2.24) is 4.98 Å². The predicted octanol–water partition coefficient (Wildman–Crippen LogP) is 7.34. The van der Waals surface area contributed by atoms with Crippen LogP contribution in [-0.2, 0) is 26.0 Å². The summed E-state index contributed by atoms with van der Waals surface area (Å²) in [5.41, 5.74) is 1.21. The first-order valence-corrected chi connectivity index (χ1v) is 18.6. The molecule has 2 aromatic carbocycles. The molecular weight excluding hydrogens is 713 g/mol. The van der Waals surface area contributed by atoms with Crippen LogP contribution in [0.2, 0.25) is 10.0 Å². The van der Waals surface area contributed by atoms with Crippen molar-refractivity contribution in [3.05, 3.63) is 75.5 Å². The van der Waals surface area contributed by atoms with E-state index in [-0.39, 0.29) is 50.7 Å². The first-order valence-electron chi connectivity index (χ1n) is 14.9. The Balaban J connectivity index is 1.32. The van der Waals surface area contributed by atoms with Crippen LogP contribution in [0.4, 0.5) is 14.5 Å². The van der Waals surface area contributed by atoms with Crippen LogP contribution >= 0.6 is 35.0 Å². The van der Waals surface area contributed by atoms with Crippen LogP contribution in [0.3, 0.4) is 0 Å². The minimum absolute atomic E-state index is 0.00184. The van der Waals surface area contributed by atoms with Crippen molar-refractivity contribution in [2.75, 3.05) is 29.9 Å². The Morgan fingerprint density at radius 3 is 2.21 bits per heavy atom. The molecule has 16 heteroatoms. The number of aromatic nitrogens is 1. The van der Waals surface area contributed by atoms with Crippen molar-refractivity contribution in [3.63, 3.8) is 0 Å². The molecule has 5 rings (SSSR count). The number of carbonyl (C=O) groups is 2. The predicted molar refractivity (Wildman–Crippen MR) is 178 cm³/mol. The van der Waals surface area contributed by atoms with Gasteiger partial charge in [0, 0.05) is 24.4 Å². The second-order valence-corrected chi connectivity index (χ2v) is 15.0. The van der Waals surface area contributed by atoms with Gasteiger partial charge in [0.25, 0.3) is 0 Å². The molecule has 1 atom stereocenters. The minimum atomic E-state index is -3.60. The number of alkyl halides is 2. The Kier molecular flexibility index (Phi) is 11.9. The van der Waals surface area contributed by atoms with Crippen LogP contribution in [0.5, 0.6) is 17.2 Å². The first kappa shape index (κ1) is 36.0. The number of nitrogens with one attached hydrogen (secondary N) is 1.